The van der Waals surface area contributed by atoms with Crippen LogP contribution in [0.5, 0.6) is 0 Å². The van der Waals surface area contributed by atoms with E-state index in [0.717, 1.165) is 18.2 Å². The minimum Gasteiger partial charge on any atom is -0.384 e. The van der Waals surface area contributed by atoms with Gasteiger partial charge in [-0.1, -0.05) is 32.0 Å². The Bertz CT molecular complexity index is 1040. The lowest BCUT2D eigenvalue weighted by Crippen LogP contribution is -2.57. The van der Waals surface area contributed by atoms with Gasteiger partial charge in [-0.15, -0.1) is 0 Å². The van der Waals surface area contributed by atoms with Gasteiger partial charge in [0, 0.05) is 50.0 Å². The molecule has 2 N–H and O–H groups in total. The Kier molecular flexibility index (Phi) is 6.46. The Balaban J connectivity index is 1.53. The van der Waals surface area contributed by atoms with Gasteiger partial charge in [-0.3, -0.25) is 4.79 Å². The number of rotatable bonds is 3. The number of carbonyl (C=O) groups is 1. The average molecular weight is 482 g/mol. The van der Waals surface area contributed by atoms with Crippen molar-refractivity contribution in [1.82, 2.24) is 10.2 Å². The van der Waals surface area contributed by atoms with Crippen LogP contribution in [-0.2, 0) is 16.6 Å². The molecule has 5 atom stereocenters. The first-order valence-electron chi connectivity index (χ1n) is 11.3. The fourth-order valence-electron chi connectivity index (χ4n) is 5.48. The highest BCUT2D eigenvalue weighted by atomic mass is 19.4. The van der Waals surface area contributed by atoms with Gasteiger partial charge in [-0.25, -0.2) is 8.78 Å². The van der Waals surface area contributed by atoms with E-state index in [2.05, 4.69) is 5.32 Å². The molecule has 9 heteroatoms. The molecule has 0 bridgehead atoms. The molecule has 184 valence electrons. The molecule has 0 saturated carbocycles. The van der Waals surface area contributed by atoms with Crippen molar-refractivity contribution in [2.24, 2.45) is 17.8 Å². The van der Waals surface area contributed by atoms with Crippen molar-refractivity contribution in [1.29, 1.82) is 0 Å². The molecule has 2 aliphatic rings. The van der Waals surface area contributed by atoms with Crippen LogP contribution in [0.2, 0.25) is 0 Å². The fourth-order valence-corrected chi connectivity index (χ4v) is 5.48. The second kappa shape index (κ2) is 8.92. The number of likely N-dealkylation sites (tertiary alicyclic amines) is 1. The summed E-state index contributed by atoms with van der Waals surface area (Å²) in [6.45, 7) is 4.66. The fraction of sp³-hybridized carbons (Fsp3) is 0.480. The van der Waals surface area contributed by atoms with Gasteiger partial charge in [-0.2, -0.15) is 13.2 Å². The van der Waals surface area contributed by atoms with Crippen LogP contribution < -0.4 is 5.32 Å². The van der Waals surface area contributed by atoms with Gasteiger partial charge in [-0.05, 0) is 29.3 Å². The van der Waals surface area contributed by atoms with Gasteiger partial charge in [0.15, 0.2) is 0 Å². The molecule has 2 aromatic carbocycles. The Morgan fingerprint density at radius 1 is 1.03 bits per heavy atom. The summed E-state index contributed by atoms with van der Waals surface area (Å²) in [4.78, 5) is 15.1. The number of hydrogen-bond acceptors (Lipinski definition) is 3. The van der Waals surface area contributed by atoms with Crippen molar-refractivity contribution in [2.75, 3.05) is 26.2 Å². The van der Waals surface area contributed by atoms with Crippen LogP contribution in [0, 0.1) is 29.4 Å². The van der Waals surface area contributed by atoms with Gasteiger partial charge < -0.3 is 15.3 Å². The molecular weight excluding hydrogens is 455 g/mol. The molecule has 4 rings (SSSR count). The maximum atomic E-state index is 14.4. The zero-order valence-corrected chi connectivity index (χ0v) is 18.9. The second-order valence-electron chi connectivity index (χ2n) is 9.48. The maximum absolute atomic E-state index is 14.4. The highest BCUT2D eigenvalue weighted by Gasteiger charge is 2.48. The first kappa shape index (κ1) is 24.6. The minimum absolute atomic E-state index is 0.188. The SMILES string of the molecule is C[C@@H]1CN(C(=O)[C@@H]2CNC[C@H]2c2ccc(F)cc2F)C[C@H](C)[C@@]1(O)c1ccc(C(F)(F)F)cc1. The lowest BCUT2D eigenvalue weighted by atomic mass is 9.70. The number of carbonyl (C=O) groups excluding carboxylic acids is 1. The molecular formula is C25H27F5N2O2. The number of alkyl halides is 3. The van der Waals surface area contributed by atoms with Crippen LogP contribution in [0.25, 0.3) is 0 Å². The van der Waals surface area contributed by atoms with E-state index in [4.69, 9.17) is 0 Å². The lowest BCUT2D eigenvalue weighted by Gasteiger charge is -2.48. The molecule has 2 saturated heterocycles. The molecule has 0 unspecified atom stereocenters. The number of benzene rings is 2. The zero-order valence-electron chi connectivity index (χ0n) is 18.9. The van der Waals surface area contributed by atoms with E-state index in [1.165, 1.54) is 24.3 Å². The first-order chi connectivity index (χ1) is 15.9. The molecule has 34 heavy (non-hydrogen) atoms. The Labute approximate surface area is 194 Å². The molecule has 0 aromatic heterocycles. The third kappa shape index (κ3) is 4.31. The topological polar surface area (TPSA) is 52.6 Å². The summed E-state index contributed by atoms with van der Waals surface area (Å²) in [5, 5.41) is 14.6. The summed E-state index contributed by atoms with van der Waals surface area (Å²) < 4.78 is 66.6. The number of aliphatic hydroxyl groups is 1. The molecule has 2 heterocycles. The van der Waals surface area contributed by atoms with E-state index in [9.17, 15) is 31.9 Å². The predicted molar refractivity (Wildman–Crippen MR) is 116 cm³/mol. The summed E-state index contributed by atoms with van der Waals surface area (Å²) >= 11 is 0. The third-order valence-corrected chi connectivity index (χ3v) is 7.37. The Morgan fingerprint density at radius 2 is 1.65 bits per heavy atom. The average Bonchev–Trinajstić information content (AvgIpc) is 3.25. The van der Waals surface area contributed by atoms with Crippen LogP contribution in [0.4, 0.5) is 22.0 Å². The van der Waals surface area contributed by atoms with Crippen LogP contribution in [0.15, 0.2) is 42.5 Å². The van der Waals surface area contributed by atoms with Crippen LogP contribution in [0.3, 0.4) is 0 Å². The Hall–Kier alpha value is -2.52. The van der Waals surface area contributed by atoms with E-state index in [0.29, 0.717) is 18.7 Å². The van der Waals surface area contributed by atoms with Crippen LogP contribution in [0.1, 0.15) is 36.5 Å². The number of piperidine rings is 1. The summed E-state index contributed by atoms with van der Waals surface area (Å²) in [6, 6.07) is 7.85. The molecule has 1 amide bonds. The van der Waals surface area contributed by atoms with E-state index >= 15 is 0 Å². The van der Waals surface area contributed by atoms with Crippen molar-refractivity contribution >= 4 is 5.91 Å². The normalized spacial score (nSPS) is 29.9. The Morgan fingerprint density at radius 3 is 2.21 bits per heavy atom. The van der Waals surface area contributed by atoms with Crippen molar-refractivity contribution < 1.29 is 31.9 Å². The smallest absolute Gasteiger partial charge is 0.384 e. The third-order valence-electron chi connectivity index (χ3n) is 7.37. The van der Waals surface area contributed by atoms with E-state index < -0.39 is 52.6 Å². The van der Waals surface area contributed by atoms with E-state index in [-0.39, 0.29) is 24.6 Å². The first-order valence-corrected chi connectivity index (χ1v) is 11.3. The standard InChI is InChI=1S/C25H27F5N2O2/c1-14-12-32(13-15(2)24(14,34)16-3-5-17(6-4-16)25(28,29)30)23(33)21-11-31-10-20(21)19-8-7-18(26)9-22(19)27/h3-9,14-15,20-21,31,34H,10-13H2,1-2H3/t14-,15+,20-,21+,24-/m0/s1. The van der Waals surface area contributed by atoms with Gasteiger partial charge in [0.1, 0.15) is 11.6 Å². The number of nitrogens with zero attached hydrogens (tertiary/aromatic N) is 1. The number of nitrogens with one attached hydrogen (secondary N) is 1. The minimum atomic E-state index is -4.47. The zero-order chi connectivity index (χ0) is 24.8. The van der Waals surface area contributed by atoms with Crippen molar-refractivity contribution in [3.63, 3.8) is 0 Å². The van der Waals surface area contributed by atoms with Gasteiger partial charge in [0.05, 0.1) is 17.1 Å². The largest absolute Gasteiger partial charge is 0.416 e. The quantitative estimate of drug-likeness (QED) is 0.642. The van der Waals surface area contributed by atoms with Gasteiger partial charge >= 0.3 is 6.18 Å². The monoisotopic (exact) mass is 482 g/mol. The highest BCUT2D eigenvalue weighted by molar-refractivity contribution is 5.81. The second-order valence-corrected chi connectivity index (χ2v) is 9.48. The van der Waals surface area contributed by atoms with Crippen molar-refractivity contribution in [3.05, 3.63) is 70.8 Å². The van der Waals surface area contributed by atoms with Gasteiger partial charge in [0.2, 0.25) is 5.91 Å². The summed E-state index contributed by atoms with van der Waals surface area (Å²) in [7, 11) is 0. The predicted octanol–water partition coefficient (Wildman–Crippen LogP) is 4.29. The van der Waals surface area contributed by atoms with Crippen molar-refractivity contribution in [2.45, 2.75) is 31.5 Å². The lowest BCUT2D eigenvalue weighted by molar-refractivity contribution is -0.152. The van der Waals surface area contributed by atoms with E-state index in [1.54, 1.807) is 18.7 Å². The summed E-state index contributed by atoms with van der Waals surface area (Å²) in [6.07, 6.45) is -4.47. The number of halogens is 5. The molecule has 4 nitrogen and oxygen atoms in total. The number of amides is 1. The highest BCUT2D eigenvalue weighted by Crippen LogP contribution is 2.43. The molecule has 2 aromatic rings. The number of hydrogen-bond donors (Lipinski definition) is 2. The molecule has 0 spiro atoms. The molecule has 2 fully saturated rings. The van der Waals surface area contributed by atoms with Crippen LogP contribution in [-0.4, -0.2) is 42.1 Å². The van der Waals surface area contributed by atoms with Gasteiger partial charge in [0.25, 0.3) is 0 Å². The van der Waals surface area contributed by atoms with Crippen molar-refractivity contribution in [3.8, 4) is 0 Å². The molecule has 0 aliphatic carbocycles. The van der Waals surface area contributed by atoms with Crippen LogP contribution >= 0.6 is 0 Å². The summed E-state index contributed by atoms with van der Waals surface area (Å²) in [5.74, 6) is -3.46. The molecule has 2 aliphatic heterocycles. The molecule has 0 radical (unpaired) electrons. The maximum Gasteiger partial charge on any atom is 0.416 e. The van der Waals surface area contributed by atoms with E-state index in [1.807, 2.05) is 0 Å². The summed E-state index contributed by atoms with van der Waals surface area (Å²) in [5.41, 5.74) is -1.54.